The Labute approximate surface area is 121 Å². The average molecular weight is 281 g/mol. The summed E-state index contributed by atoms with van der Waals surface area (Å²) in [6.45, 7) is 9.95. The van der Waals surface area contributed by atoms with Crippen molar-refractivity contribution >= 4 is 6.09 Å². The van der Waals surface area contributed by atoms with Gasteiger partial charge in [-0.1, -0.05) is 0 Å². The molecule has 0 spiro atoms. The van der Waals surface area contributed by atoms with Crippen LogP contribution in [0, 0.1) is 0 Å². The average Bonchev–Trinajstić information content (AvgIpc) is 2.97. The van der Waals surface area contributed by atoms with Crippen molar-refractivity contribution in [3.63, 3.8) is 0 Å². The van der Waals surface area contributed by atoms with Gasteiger partial charge in [0.15, 0.2) is 0 Å². The summed E-state index contributed by atoms with van der Waals surface area (Å²) in [7, 11) is 0. The maximum atomic E-state index is 12.2. The van der Waals surface area contributed by atoms with E-state index in [1.54, 1.807) is 0 Å². The predicted octanol–water partition coefficient (Wildman–Crippen LogP) is 1.43. The van der Waals surface area contributed by atoms with Crippen LogP contribution in [0.1, 0.15) is 40.0 Å². The van der Waals surface area contributed by atoms with E-state index in [1.807, 2.05) is 25.7 Å². The molecule has 0 aliphatic carbocycles. The highest BCUT2D eigenvalue weighted by atomic mass is 16.6. The molecule has 3 aliphatic heterocycles. The van der Waals surface area contributed by atoms with Crippen LogP contribution in [0.15, 0.2) is 0 Å². The lowest BCUT2D eigenvalue weighted by molar-refractivity contribution is 0.00736. The normalized spacial score (nSPS) is 31.9. The number of fused-ring (bicyclic) bond motifs is 2. The summed E-state index contributed by atoms with van der Waals surface area (Å²) in [5.74, 6) is 0. The molecule has 0 aromatic heterocycles. The van der Waals surface area contributed by atoms with Crippen LogP contribution in [-0.4, -0.2) is 65.8 Å². The van der Waals surface area contributed by atoms with Crippen LogP contribution in [0.4, 0.5) is 4.79 Å². The molecule has 5 nitrogen and oxygen atoms in total. The third-order valence-corrected chi connectivity index (χ3v) is 4.69. The zero-order valence-electron chi connectivity index (χ0n) is 12.9. The molecule has 20 heavy (non-hydrogen) atoms. The van der Waals surface area contributed by atoms with Crippen LogP contribution in [-0.2, 0) is 4.74 Å². The third-order valence-electron chi connectivity index (χ3n) is 4.69. The number of ether oxygens (including phenoxy) is 1. The molecule has 1 N–H and O–H groups in total. The zero-order chi connectivity index (χ0) is 14.3. The topological polar surface area (TPSA) is 44.8 Å². The highest BCUT2D eigenvalue weighted by molar-refractivity contribution is 5.69. The van der Waals surface area contributed by atoms with E-state index in [-0.39, 0.29) is 6.09 Å². The lowest BCUT2D eigenvalue weighted by atomic mass is 10.0. The number of amides is 1. The number of hydrogen-bond donors (Lipinski definition) is 1. The molecule has 3 aliphatic rings. The van der Waals surface area contributed by atoms with Crippen LogP contribution < -0.4 is 5.32 Å². The monoisotopic (exact) mass is 281 g/mol. The first-order valence-electron chi connectivity index (χ1n) is 7.90. The molecular formula is C15H27N3O2. The predicted molar refractivity (Wildman–Crippen MR) is 77.7 cm³/mol. The number of carbonyl (C=O) groups excluding carboxylic acids is 1. The summed E-state index contributed by atoms with van der Waals surface area (Å²) in [4.78, 5) is 16.8. The molecule has 0 radical (unpaired) electrons. The molecule has 114 valence electrons. The summed E-state index contributed by atoms with van der Waals surface area (Å²) in [5.41, 5.74) is -0.395. The number of carbonyl (C=O) groups is 1. The van der Waals surface area contributed by atoms with Crippen LogP contribution in [0.5, 0.6) is 0 Å². The summed E-state index contributed by atoms with van der Waals surface area (Å²) < 4.78 is 5.51. The Kier molecular flexibility index (Phi) is 3.67. The third kappa shape index (κ3) is 2.79. The molecule has 2 bridgehead atoms. The van der Waals surface area contributed by atoms with Crippen LogP contribution in [0.3, 0.4) is 0 Å². The first-order chi connectivity index (χ1) is 9.44. The van der Waals surface area contributed by atoms with Crippen LogP contribution in [0.25, 0.3) is 0 Å². The smallest absolute Gasteiger partial charge is 0.410 e. The summed E-state index contributed by atoms with van der Waals surface area (Å²) in [6, 6.07) is 1.63. The zero-order valence-corrected chi connectivity index (χ0v) is 12.9. The van der Waals surface area contributed by atoms with Gasteiger partial charge in [0, 0.05) is 31.2 Å². The molecule has 3 fully saturated rings. The van der Waals surface area contributed by atoms with Crippen LogP contribution >= 0.6 is 0 Å². The van der Waals surface area contributed by atoms with Gasteiger partial charge < -0.3 is 15.0 Å². The first-order valence-corrected chi connectivity index (χ1v) is 7.90. The molecular weight excluding hydrogens is 254 g/mol. The minimum Gasteiger partial charge on any atom is -0.444 e. The van der Waals surface area contributed by atoms with Gasteiger partial charge in [-0.25, -0.2) is 4.79 Å². The molecule has 3 rings (SSSR count). The van der Waals surface area contributed by atoms with Crippen LogP contribution in [0.2, 0.25) is 0 Å². The van der Waals surface area contributed by atoms with E-state index in [1.165, 1.54) is 12.8 Å². The SMILES string of the molecule is CC(C)(C)OC(=O)N1CC2CC1CN2C1CCNCC1. The minimum absolute atomic E-state index is 0.130. The van der Waals surface area contributed by atoms with Gasteiger partial charge in [0.1, 0.15) is 5.60 Å². The molecule has 3 saturated heterocycles. The molecule has 5 heteroatoms. The standard InChI is InChI=1S/C15H27N3O2/c1-15(2,3)20-14(19)18-10-12-8-13(18)9-17(12)11-4-6-16-7-5-11/h11-13,16H,4-10H2,1-3H3. The molecule has 0 aromatic rings. The van der Waals surface area contributed by atoms with Crippen molar-refractivity contribution in [1.82, 2.24) is 15.1 Å². The van der Waals surface area contributed by atoms with Crippen molar-refractivity contribution in [1.29, 1.82) is 0 Å². The van der Waals surface area contributed by atoms with E-state index < -0.39 is 5.60 Å². The Morgan fingerprint density at radius 2 is 1.80 bits per heavy atom. The van der Waals surface area contributed by atoms with Crippen molar-refractivity contribution in [3.8, 4) is 0 Å². The molecule has 0 saturated carbocycles. The number of likely N-dealkylation sites (tertiary alicyclic amines) is 2. The summed E-state index contributed by atoms with van der Waals surface area (Å²) >= 11 is 0. The van der Waals surface area contributed by atoms with E-state index in [9.17, 15) is 4.79 Å². The van der Waals surface area contributed by atoms with Crippen molar-refractivity contribution in [2.45, 2.75) is 63.8 Å². The summed E-state index contributed by atoms with van der Waals surface area (Å²) in [6.07, 6.45) is 3.49. The fourth-order valence-electron chi connectivity index (χ4n) is 3.83. The van der Waals surface area contributed by atoms with Crippen molar-refractivity contribution in [2.24, 2.45) is 0 Å². The molecule has 0 aromatic carbocycles. The Balaban J connectivity index is 1.57. The number of nitrogens with one attached hydrogen (secondary N) is 1. The van der Waals surface area contributed by atoms with Gasteiger partial charge >= 0.3 is 6.09 Å². The van der Waals surface area contributed by atoms with Crippen molar-refractivity contribution in [2.75, 3.05) is 26.2 Å². The second-order valence-electron chi connectivity index (χ2n) is 7.35. The molecule has 2 unspecified atom stereocenters. The summed E-state index contributed by atoms with van der Waals surface area (Å²) in [5, 5.41) is 3.42. The van der Waals surface area contributed by atoms with Gasteiger partial charge in [-0.15, -0.1) is 0 Å². The van der Waals surface area contributed by atoms with Gasteiger partial charge in [0.25, 0.3) is 0 Å². The van der Waals surface area contributed by atoms with Gasteiger partial charge in [0.2, 0.25) is 0 Å². The highest BCUT2D eigenvalue weighted by Crippen LogP contribution is 2.34. The van der Waals surface area contributed by atoms with E-state index in [4.69, 9.17) is 4.74 Å². The van der Waals surface area contributed by atoms with E-state index in [2.05, 4.69) is 10.2 Å². The van der Waals surface area contributed by atoms with E-state index >= 15 is 0 Å². The van der Waals surface area contributed by atoms with Gasteiger partial charge in [-0.3, -0.25) is 4.90 Å². The first kappa shape index (κ1) is 14.1. The molecule has 1 amide bonds. The maximum Gasteiger partial charge on any atom is 0.410 e. The van der Waals surface area contributed by atoms with E-state index in [0.29, 0.717) is 18.1 Å². The Morgan fingerprint density at radius 1 is 1.10 bits per heavy atom. The molecule has 3 heterocycles. The van der Waals surface area contributed by atoms with Crippen molar-refractivity contribution < 1.29 is 9.53 Å². The van der Waals surface area contributed by atoms with E-state index in [0.717, 1.165) is 32.6 Å². The quantitative estimate of drug-likeness (QED) is 0.790. The fourth-order valence-corrected chi connectivity index (χ4v) is 3.83. The second-order valence-corrected chi connectivity index (χ2v) is 7.35. The number of piperidine rings is 1. The van der Waals surface area contributed by atoms with Crippen molar-refractivity contribution in [3.05, 3.63) is 0 Å². The Morgan fingerprint density at radius 3 is 2.35 bits per heavy atom. The second kappa shape index (κ2) is 5.19. The number of rotatable bonds is 1. The minimum atomic E-state index is -0.395. The Bertz CT molecular complexity index is 374. The van der Waals surface area contributed by atoms with Gasteiger partial charge in [-0.2, -0.15) is 0 Å². The number of nitrogens with zero attached hydrogens (tertiary/aromatic N) is 2. The molecule has 2 atom stereocenters. The van der Waals surface area contributed by atoms with Gasteiger partial charge in [-0.05, 0) is 53.1 Å². The maximum absolute atomic E-state index is 12.2. The van der Waals surface area contributed by atoms with Gasteiger partial charge in [0.05, 0.1) is 0 Å². The number of piperazine rings is 1. The fraction of sp³-hybridized carbons (Fsp3) is 0.933. The lowest BCUT2D eigenvalue weighted by Crippen LogP contribution is -2.54. The lowest BCUT2D eigenvalue weighted by Gasteiger charge is -2.40. The highest BCUT2D eigenvalue weighted by Gasteiger charge is 2.48. The Hall–Kier alpha value is -0.810. The largest absolute Gasteiger partial charge is 0.444 e. The number of hydrogen-bond acceptors (Lipinski definition) is 4.